The van der Waals surface area contributed by atoms with Crippen LogP contribution in [0.15, 0.2) is 48.5 Å². The maximum atomic E-state index is 3.51. The van der Waals surface area contributed by atoms with Crippen molar-refractivity contribution in [1.29, 1.82) is 0 Å². The molecular formula is C20H27N. The molecule has 2 aromatic carbocycles. The number of rotatable bonds is 4. The minimum Gasteiger partial charge on any atom is -0.381 e. The van der Waals surface area contributed by atoms with Crippen LogP contribution in [0.4, 0.5) is 5.69 Å². The minimum atomic E-state index is 0.220. The Morgan fingerprint density at radius 1 is 0.952 bits per heavy atom. The van der Waals surface area contributed by atoms with E-state index in [1.54, 1.807) is 0 Å². The second kappa shape index (κ2) is 6.34. The molecule has 0 aliphatic carbocycles. The fourth-order valence-corrected chi connectivity index (χ4v) is 2.33. The molecule has 112 valence electrons. The Bertz CT molecular complexity index is 574. The number of nitrogens with one attached hydrogen (secondary N) is 1. The first kappa shape index (κ1) is 15.6. The monoisotopic (exact) mass is 281 g/mol. The van der Waals surface area contributed by atoms with Crippen LogP contribution in [0.2, 0.25) is 0 Å². The molecule has 0 radical (unpaired) electrons. The molecule has 21 heavy (non-hydrogen) atoms. The molecule has 2 rings (SSSR count). The molecule has 1 N–H and O–H groups in total. The molecule has 0 amide bonds. The molecule has 0 saturated carbocycles. The summed E-state index contributed by atoms with van der Waals surface area (Å²) in [5, 5.41) is 3.51. The van der Waals surface area contributed by atoms with Crippen LogP contribution in [0, 0.1) is 0 Å². The van der Waals surface area contributed by atoms with E-state index in [4.69, 9.17) is 0 Å². The van der Waals surface area contributed by atoms with Gasteiger partial charge in [0.2, 0.25) is 0 Å². The lowest BCUT2D eigenvalue weighted by Gasteiger charge is -2.19. The molecule has 0 aromatic heterocycles. The molecule has 0 heterocycles. The third kappa shape index (κ3) is 4.35. The molecule has 0 spiro atoms. The van der Waals surface area contributed by atoms with Gasteiger partial charge in [-0.15, -0.1) is 0 Å². The molecule has 0 aliphatic heterocycles. The quantitative estimate of drug-likeness (QED) is 0.755. The van der Waals surface area contributed by atoms with Gasteiger partial charge in [-0.25, -0.2) is 0 Å². The third-order valence-electron chi connectivity index (χ3n) is 3.87. The van der Waals surface area contributed by atoms with Gasteiger partial charge in [-0.2, -0.15) is 0 Å². The minimum absolute atomic E-state index is 0.220. The zero-order valence-electron chi connectivity index (χ0n) is 13.9. The average molecular weight is 281 g/mol. The smallest absolute Gasteiger partial charge is 0.0400 e. The van der Waals surface area contributed by atoms with Crippen molar-refractivity contribution in [1.82, 2.24) is 0 Å². The van der Waals surface area contributed by atoms with Crippen LogP contribution in [-0.2, 0) is 12.0 Å². The Morgan fingerprint density at radius 2 is 1.62 bits per heavy atom. The molecule has 0 bridgehead atoms. The molecule has 0 saturated heterocycles. The summed E-state index contributed by atoms with van der Waals surface area (Å²) >= 11 is 0. The Labute approximate surface area is 129 Å². The van der Waals surface area contributed by atoms with Crippen LogP contribution in [0.25, 0.3) is 0 Å². The van der Waals surface area contributed by atoms with Gasteiger partial charge < -0.3 is 5.32 Å². The summed E-state index contributed by atoms with van der Waals surface area (Å²) in [7, 11) is 0. The first-order chi connectivity index (χ1) is 9.86. The van der Waals surface area contributed by atoms with Crippen LogP contribution in [0.3, 0.4) is 0 Å². The predicted octanol–water partition coefficient (Wildman–Crippen LogP) is 5.72. The van der Waals surface area contributed by atoms with E-state index in [1.165, 1.54) is 22.4 Å². The molecule has 0 fully saturated rings. The van der Waals surface area contributed by atoms with Crippen molar-refractivity contribution in [2.75, 3.05) is 5.32 Å². The van der Waals surface area contributed by atoms with Gasteiger partial charge in [0.15, 0.2) is 0 Å². The van der Waals surface area contributed by atoms with Gasteiger partial charge in [-0.1, -0.05) is 71.0 Å². The lowest BCUT2D eigenvalue weighted by molar-refractivity contribution is 0.590. The van der Waals surface area contributed by atoms with Crippen molar-refractivity contribution >= 4 is 5.69 Å². The molecular weight excluding hydrogens is 254 g/mol. The summed E-state index contributed by atoms with van der Waals surface area (Å²) in [6.45, 7) is 12.1. The molecule has 1 nitrogen and oxygen atoms in total. The number of hydrogen-bond acceptors (Lipinski definition) is 1. The van der Waals surface area contributed by atoms with Crippen LogP contribution < -0.4 is 5.32 Å². The van der Waals surface area contributed by atoms with Crippen LogP contribution in [0.1, 0.15) is 57.2 Å². The van der Waals surface area contributed by atoms with Crippen molar-refractivity contribution in [2.24, 2.45) is 0 Å². The van der Waals surface area contributed by atoms with E-state index in [9.17, 15) is 0 Å². The maximum Gasteiger partial charge on any atom is 0.0400 e. The van der Waals surface area contributed by atoms with Crippen molar-refractivity contribution in [3.8, 4) is 0 Å². The third-order valence-corrected chi connectivity index (χ3v) is 3.87. The normalized spacial score (nSPS) is 11.7. The van der Waals surface area contributed by atoms with Crippen molar-refractivity contribution < 1.29 is 0 Å². The van der Waals surface area contributed by atoms with Gasteiger partial charge in [0, 0.05) is 12.2 Å². The van der Waals surface area contributed by atoms with Gasteiger partial charge in [0.1, 0.15) is 0 Å². The van der Waals surface area contributed by atoms with E-state index in [1.807, 2.05) is 0 Å². The van der Waals surface area contributed by atoms with E-state index in [-0.39, 0.29) is 5.41 Å². The molecule has 0 aliphatic rings. The Balaban J connectivity index is 2.01. The highest BCUT2D eigenvalue weighted by molar-refractivity contribution is 5.47. The van der Waals surface area contributed by atoms with Crippen molar-refractivity contribution in [3.05, 3.63) is 65.2 Å². The van der Waals surface area contributed by atoms with Crippen LogP contribution in [-0.4, -0.2) is 0 Å². The highest BCUT2D eigenvalue weighted by Crippen LogP contribution is 2.23. The molecule has 0 unspecified atom stereocenters. The maximum absolute atomic E-state index is 3.51. The van der Waals surface area contributed by atoms with Gasteiger partial charge in [-0.3, -0.25) is 0 Å². The van der Waals surface area contributed by atoms with E-state index in [0.29, 0.717) is 5.92 Å². The van der Waals surface area contributed by atoms with E-state index >= 15 is 0 Å². The first-order valence-corrected chi connectivity index (χ1v) is 7.79. The van der Waals surface area contributed by atoms with E-state index < -0.39 is 0 Å². The van der Waals surface area contributed by atoms with Crippen LogP contribution >= 0.6 is 0 Å². The lowest BCUT2D eigenvalue weighted by Crippen LogP contribution is -2.11. The summed E-state index contributed by atoms with van der Waals surface area (Å²) in [6, 6.07) is 17.6. The number of anilines is 1. The Hall–Kier alpha value is -1.76. The van der Waals surface area contributed by atoms with E-state index in [0.717, 1.165) is 6.54 Å². The predicted molar refractivity (Wildman–Crippen MR) is 93.0 cm³/mol. The summed E-state index contributed by atoms with van der Waals surface area (Å²) in [5.74, 6) is 0.567. The molecule has 1 heteroatoms. The summed E-state index contributed by atoms with van der Waals surface area (Å²) in [4.78, 5) is 0. The van der Waals surface area contributed by atoms with E-state index in [2.05, 4.69) is 88.5 Å². The topological polar surface area (TPSA) is 12.0 Å². The fourth-order valence-electron chi connectivity index (χ4n) is 2.33. The highest BCUT2D eigenvalue weighted by atomic mass is 14.9. The second-order valence-electron chi connectivity index (χ2n) is 7.08. The second-order valence-corrected chi connectivity index (χ2v) is 7.08. The zero-order chi connectivity index (χ0) is 15.5. The van der Waals surface area contributed by atoms with Gasteiger partial charge in [0.05, 0.1) is 0 Å². The average Bonchev–Trinajstić information content (AvgIpc) is 2.45. The Morgan fingerprint density at radius 3 is 2.19 bits per heavy atom. The van der Waals surface area contributed by atoms with Crippen molar-refractivity contribution in [3.63, 3.8) is 0 Å². The number of hydrogen-bond donors (Lipinski definition) is 1. The SMILES string of the molecule is CC(C)c1cccc(NCc2ccc(C(C)(C)C)cc2)c1. The molecule has 0 atom stereocenters. The van der Waals surface area contributed by atoms with Crippen molar-refractivity contribution in [2.45, 2.75) is 52.5 Å². The zero-order valence-corrected chi connectivity index (χ0v) is 13.9. The Kier molecular flexibility index (Phi) is 4.72. The first-order valence-electron chi connectivity index (χ1n) is 7.79. The van der Waals surface area contributed by atoms with Gasteiger partial charge >= 0.3 is 0 Å². The fraction of sp³-hybridized carbons (Fsp3) is 0.400. The largest absolute Gasteiger partial charge is 0.381 e. The summed E-state index contributed by atoms with van der Waals surface area (Å²) in [5.41, 5.74) is 5.49. The molecule has 2 aromatic rings. The lowest BCUT2D eigenvalue weighted by atomic mass is 9.87. The summed E-state index contributed by atoms with van der Waals surface area (Å²) < 4.78 is 0. The number of benzene rings is 2. The van der Waals surface area contributed by atoms with Crippen LogP contribution in [0.5, 0.6) is 0 Å². The summed E-state index contributed by atoms with van der Waals surface area (Å²) in [6.07, 6.45) is 0. The van der Waals surface area contributed by atoms with Gasteiger partial charge in [-0.05, 0) is 40.2 Å². The highest BCUT2D eigenvalue weighted by Gasteiger charge is 2.12. The standard InChI is InChI=1S/C20H27N/c1-15(2)17-7-6-8-19(13-17)21-14-16-9-11-18(12-10-16)20(3,4)5/h6-13,15,21H,14H2,1-5H3. The van der Waals surface area contributed by atoms with Gasteiger partial charge in [0.25, 0.3) is 0 Å².